The number of hydrogen-bond acceptors (Lipinski definition) is 14. The Morgan fingerprint density at radius 1 is 0.632 bits per heavy atom. The standard InChI is InChI=1S/C22H24N14O2/c23-17-29-19(31-21-27-15(33-35(17)21)13-7-5-11-37-13)25-9-3-1-2-4-10-26-20-30-18(24)36-22(32-20)28-16(34-36)14-8-6-12-38-14/h5-8,11-12H,1-4,9-10H2,(H3,23,25,27,29,31,33)(H3,24,26,28,30,32,34). The van der Waals surface area contributed by atoms with Crippen molar-refractivity contribution in [2.24, 2.45) is 0 Å². The molecule has 16 nitrogen and oxygen atoms in total. The number of furan rings is 2. The first-order chi connectivity index (χ1) is 18.6. The van der Waals surface area contributed by atoms with Crippen LogP contribution < -0.4 is 22.1 Å². The molecule has 0 aliphatic rings. The van der Waals surface area contributed by atoms with Crippen LogP contribution in [0.3, 0.4) is 0 Å². The summed E-state index contributed by atoms with van der Waals surface area (Å²) in [5.74, 6) is 3.76. The predicted octanol–water partition coefficient (Wildman–Crippen LogP) is 2.12. The number of nitrogen functional groups attached to an aromatic ring is 2. The van der Waals surface area contributed by atoms with Gasteiger partial charge in [0.1, 0.15) is 0 Å². The number of nitrogens with one attached hydrogen (secondary N) is 2. The molecule has 6 aromatic heterocycles. The molecule has 6 rings (SSSR count). The Bertz CT molecular complexity index is 1530. The average molecular weight is 517 g/mol. The first kappa shape index (κ1) is 23.1. The Morgan fingerprint density at radius 3 is 1.53 bits per heavy atom. The molecule has 0 aliphatic carbocycles. The molecule has 0 atom stereocenters. The van der Waals surface area contributed by atoms with E-state index in [0.717, 1.165) is 25.7 Å². The molecule has 38 heavy (non-hydrogen) atoms. The van der Waals surface area contributed by atoms with Crippen molar-refractivity contribution in [1.82, 2.24) is 49.1 Å². The maximum Gasteiger partial charge on any atom is 0.259 e. The van der Waals surface area contributed by atoms with Gasteiger partial charge >= 0.3 is 0 Å². The number of unbranched alkanes of at least 4 members (excludes halogenated alkanes) is 3. The topological polar surface area (TPSA) is 214 Å². The van der Waals surface area contributed by atoms with Crippen LogP contribution in [0.4, 0.5) is 23.8 Å². The highest BCUT2D eigenvalue weighted by molar-refractivity contribution is 5.53. The van der Waals surface area contributed by atoms with E-state index in [9.17, 15) is 0 Å². The van der Waals surface area contributed by atoms with Crippen LogP contribution in [0.2, 0.25) is 0 Å². The zero-order valence-electron chi connectivity index (χ0n) is 20.2. The van der Waals surface area contributed by atoms with E-state index in [0.29, 0.717) is 59.7 Å². The minimum Gasteiger partial charge on any atom is -0.461 e. The number of anilines is 4. The van der Waals surface area contributed by atoms with Gasteiger partial charge in [0.25, 0.3) is 11.6 Å². The van der Waals surface area contributed by atoms with Crippen LogP contribution in [0.15, 0.2) is 45.6 Å². The van der Waals surface area contributed by atoms with E-state index in [1.54, 1.807) is 36.8 Å². The lowest BCUT2D eigenvalue weighted by atomic mass is 10.2. The molecular formula is C22H24N14O2. The Kier molecular flexibility index (Phi) is 6.09. The van der Waals surface area contributed by atoms with Gasteiger partial charge in [-0.2, -0.15) is 38.9 Å². The molecule has 0 aromatic carbocycles. The molecule has 0 aliphatic heterocycles. The number of nitrogens with zero attached hydrogens (tertiary/aromatic N) is 10. The molecule has 6 heterocycles. The molecule has 6 N–H and O–H groups in total. The van der Waals surface area contributed by atoms with Crippen molar-refractivity contribution in [1.29, 1.82) is 0 Å². The zero-order chi connectivity index (χ0) is 25.9. The lowest BCUT2D eigenvalue weighted by molar-refractivity contribution is 0.577. The highest BCUT2D eigenvalue weighted by atomic mass is 16.3. The molecule has 0 amide bonds. The Labute approximate surface area is 214 Å². The summed E-state index contributed by atoms with van der Waals surface area (Å²) < 4.78 is 13.4. The molecule has 0 unspecified atom stereocenters. The van der Waals surface area contributed by atoms with Crippen molar-refractivity contribution in [2.45, 2.75) is 25.7 Å². The monoisotopic (exact) mass is 516 g/mol. The van der Waals surface area contributed by atoms with E-state index >= 15 is 0 Å². The fourth-order valence-corrected chi connectivity index (χ4v) is 3.79. The van der Waals surface area contributed by atoms with E-state index in [1.807, 2.05) is 0 Å². The summed E-state index contributed by atoms with van der Waals surface area (Å²) in [4.78, 5) is 26.0. The predicted molar refractivity (Wildman–Crippen MR) is 137 cm³/mol. The van der Waals surface area contributed by atoms with Crippen LogP contribution in [-0.2, 0) is 0 Å². The normalized spacial score (nSPS) is 11.5. The maximum absolute atomic E-state index is 6.02. The lowest BCUT2D eigenvalue weighted by Crippen LogP contribution is -2.11. The first-order valence-corrected chi connectivity index (χ1v) is 12.0. The number of hydrogen-bond donors (Lipinski definition) is 4. The van der Waals surface area contributed by atoms with Gasteiger partial charge in [0.15, 0.2) is 11.5 Å². The summed E-state index contributed by atoms with van der Waals surface area (Å²) in [6.07, 6.45) is 7.00. The van der Waals surface area contributed by atoms with Gasteiger partial charge in [-0.3, -0.25) is 0 Å². The Hall–Kier alpha value is -5.28. The summed E-state index contributed by atoms with van der Waals surface area (Å²) in [7, 11) is 0. The molecule has 0 radical (unpaired) electrons. The Morgan fingerprint density at radius 2 is 1.11 bits per heavy atom. The van der Waals surface area contributed by atoms with Gasteiger partial charge in [-0.05, 0) is 37.1 Å². The van der Waals surface area contributed by atoms with Gasteiger partial charge < -0.3 is 30.9 Å². The first-order valence-electron chi connectivity index (χ1n) is 12.0. The van der Waals surface area contributed by atoms with E-state index < -0.39 is 0 Å². The molecule has 0 fully saturated rings. The van der Waals surface area contributed by atoms with Crippen LogP contribution in [0.5, 0.6) is 0 Å². The number of rotatable bonds is 11. The summed E-state index contributed by atoms with van der Waals surface area (Å²) in [5, 5.41) is 15.0. The third-order valence-corrected chi connectivity index (χ3v) is 5.62. The second-order valence-corrected chi connectivity index (χ2v) is 8.33. The van der Waals surface area contributed by atoms with Gasteiger partial charge in [-0.25, -0.2) is 0 Å². The summed E-state index contributed by atoms with van der Waals surface area (Å²) in [6.45, 7) is 1.40. The molecule has 16 heteroatoms. The molecular weight excluding hydrogens is 492 g/mol. The van der Waals surface area contributed by atoms with Crippen LogP contribution in [0, 0.1) is 0 Å². The highest BCUT2D eigenvalue weighted by Gasteiger charge is 2.15. The zero-order valence-corrected chi connectivity index (χ0v) is 20.2. The van der Waals surface area contributed by atoms with Crippen molar-refractivity contribution in [3.05, 3.63) is 36.8 Å². The second-order valence-electron chi connectivity index (χ2n) is 8.33. The van der Waals surface area contributed by atoms with Gasteiger partial charge in [0, 0.05) is 13.1 Å². The molecule has 0 bridgehead atoms. The largest absolute Gasteiger partial charge is 0.461 e. The molecule has 0 spiro atoms. The van der Waals surface area contributed by atoms with Gasteiger partial charge in [-0.1, -0.05) is 12.8 Å². The van der Waals surface area contributed by atoms with E-state index in [-0.39, 0.29) is 11.9 Å². The highest BCUT2D eigenvalue weighted by Crippen LogP contribution is 2.19. The second kappa shape index (κ2) is 10.00. The quantitative estimate of drug-likeness (QED) is 0.181. The number of fused-ring (bicyclic) bond motifs is 2. The minimum atomic E-state index is 0.193. The van der Waals surface area contributed by atoms with Crippen LogP contribution in [0.25, 0.3) is 34.7 Å². The summed E-state index contributed by atoms with van der Waals surface area (Å²) in [6, 6.07) is 7.06. The molecule has 6 aromatic rings. The van der Waals surface area contributed by atoms with Crippen molar-refractivity contribution in [3.8, 4) is 23.2 Å². The van der Waals surface area contributed by atoms with E-state index in [2.05, 4.69) is 50.7 Å². The van der Waals surface area contributed by atoms with Crippen molar-refractivity contribution in [2.75, 3.05) is 35.2 Å². The van der Waals surface area contributed by atoms with E-state index in [4.69, 9.17) is 20.3 Å². The van der Waals surface area contributed by atoms with Gasteiger partial charge in [0.05, 0.1) is 12.5 Å². The fourth-order valence-electron chi connectivity index (χ4n) is 3.79. The van der Waals surface area contributed by atoms with Crippen LogP contribution >= 0.6 is 0 Å². The van der Waals surface area contributed by atoms with Gasteiger partial charge in [0.2, 0.25) is 35.4 Å². The van der Waals surface area contributed by atoms with Crippen molar-refractivity contribution < 1.29 is 8.83 Å². The third kappa shape index (κ3) is 4.73. The number of aromatic nitrogens is 10. The summed E-state index contributed by atoms with van der Waals surface area (Å²) >= 11 is 0. The molecule has 0 saturated carbocycles. The number of nitrogens with two attached hydrogens (primary N) is 2. The third-order valence-electron chi connectivity index (χ3n) is 5.62. The van der Waals surface area contributed by atoms with Gasteiger partial charge in [-0.15, -0.1) is 10.2 Å². The van der Waals surface area contributed by atoms with Crippen LogP contribution in [0.1, 0.15) is 25.7 Å². The van der Waals surface area contributed by atoms with E-state index in [1.165, 1.54) is 9.03 Å². The Balaban J connectivity index is 0.945. The smallest absolute Gasteiger partial charge is 0.259 e. The summed E-state index contributed by atoms with van der Waals surface area (Å²) in [5.41, 5.74) is 12.0. The van der Waals surface area contributed by atoms with Crippen LogP contribution in [-0.4, -0.2) is 62.2 Å². The molecule has 0 saturated heterocycles. The minimum absolute atomic E-state index is 0.193. The molecule has 194 valence electrons. The van der Waals surface area contributed by atoms with Crippen molar-refractivity contribution in [3.63, 3.8) is 0 Å². The fraction of sp³-hybridized carbons (Fsp3) is 0.273. The average Bonchev–Trinajstić information content (AvgIpc) is 3.71. The maximum atomic E-state index is 6.02. The van der Waals surface area contributed by atoms with Crippen molar-refractivity contribution >= 4 is 35.3 Å². The SMILES string of the molecule is Nc1nc(NCCCCCCNc2nc(N)n3nc(-c4ccco4)nc3n2)nc2nc(-c3ccco3)nn12. The lowest BCUT2D eigenvalue weighted by Gasteiger charge is -2.07.